The van der Waals surface area contributed by atoms with Gasteiger partial charge in [0.1, 0.15) is 17.3 Å². The highest BCUT2D eigenvalue weighted by molar-refractivity contribution is 6.00. The molecule has 4 heteroatoms. The second-order valence-corrected chi connectivity index (χ2v) is 6.60. The molecule has 0 heterocycles. The van der Waals surface area contributed by atoms with Crippen molar-refractivity contribution in [3.8, 4) is 11.5 Å². The predicted molar refractivity (Wildman–Crippen MR) is 107 cm³/mol. The van der Waals surface area contributed by atoms with Gasteiger partial charge in [0.05, 0.1) is 14.2 Å². The number of benzene rings is 2. The van der Waals surface area contributed by atoms with Crippen molar-refractivity contribution in [1.29, 1.82) is 0 Å². The Balaban J connectivity index is 2.18. The lowest BCUT2D eigenvalue weighted by molar-refractivity contribution is -0.120. The molecule has 0 bridgehead atoms. The molecule has 0 aromatic heterocycles. The zero-order valence-electron chi connectivity index (χ0n) is 16.4. The fraction of sp³-hybridized carbons (Fsp3) is 0.391. The van der Waals surface area contributed by atoms with Gasteiger partial charge >= 0.3 is 0 Å². The smallest absolute Gasteiger partial charge is 0.163 e. The lowest BCUT2D eigenvalue weighted by atomic mass is 9.86. The van der Waals surface area contributed by atoms with Gasteiger partial charge in [-0.15, -0.1) is 0 Å². The van der Waals surface area contributed by atoms with Gasteiger partial charge in [0.2, 0.25) is 0 Å². The number of hydrogen-bond acceptors (Lipinski definition) is 4. The van der Waals surface area contributed by atoms with Gasteiger partial charge in [-0.1, -0.05) is 31.9 Å². The zero-order valence-corrected chi connectivity index (χ0v) is 16.4. The van der Waals surface area contributed by atoms with Crippen molar-refractivity contribution < 1.29 is 19.1 Å². The minimum Gasteiger partial charge on any atom is -0.497 e. The summed E-state index contributed by atoms with van der Waals surface area (Å²) >= 11 is 0. The molecule has 144 valence electrons. The maximum Gasteiger partial charge on any atom is 0.163 e. The van der Waals surface area contributed by atoms with E-state index in [1.807, 2.05) is 24.3 Å². The van der Waals surface area contributed by atoms with Crippen molar-refractivity contribution in [2.75, 3.05) is 14.2 Å². The van der Waals surface area contributed by atoms with Crippen LogP contribution in [0.2, 0.25) is 0 Å². The van der Waals surface area contributed by atoms with Crippen LogP contribution in [-0.4, -0.2) is 25.8 Å². The number of carbonyl (C=O) groups is 2. The van der Waals surface area contributed by atoms with E-state index in [4.69, 9.17) is 9.47 Å². The Morgan fingerprint density at radius 1 is 0.852 bits per heavy atom. The van der Waals surface area contributed by atoms with Crippen molar-refractivity contribution in [3.05, 3.63) is 59.7 Å². The topological polar surface area (TPSA) is 52.6 Å². The van der Waals surface area contributed by atoms with Crippen molar-refractivity contribution in [2.45, 2.75) is 44.9 Å². The first-order valence-electron chi connectivity index (χ1n) is 9.43. The highest BCUT2D eigenvalue weighted by atomic mass is 16.5. The molecule has 2 aromatic carbocycles. The quantitative estimate of drug-likeness (QED) is 0.403. The molecule has 1 atom stereocenters. The monoisotopic (exact) mass is 368 g/mol. The van der Waals surface area contributed by atoms with Crippen molar-refractivity contribution >= 4 is 11.6 Å². The molecule has 0 N–H and O–H groups in total. The van der Waals surface area contributed by atoms with Crippen molar-refractivity contribution in [2.24, 2.45) is 0 Å². The third-order valence-electron chi connectivity index (χ3n) is 4.74. The summed E-state index contributed by atoms with van der Waals surface area (Å²) in [6.07, 6.45) is 3.61. The van der Waals surface area contributed by atoms with Crippen LogP contribution in [0.5, 0.6) is 11.5 Å². The largest absolute Gasteiger partial charge is 0.497 e. The Kier molecular flexibility index (Phi) is 8.05. The molecule has 0 saturated carbocycles. The molecule has 0 amide bonds. The van der Waals surface area contributed by atoms with Gasteiger partial charge in [-0.2, -0.15) is 0 Å². The first-order chi connectivity index (χ1) is 13.1. The van der Waals surface area contributed by atoms with E-state index in [-0.39, 0.29) is 18.0 Å². The Bertz CT molecular complexity index is 732. The highest BCUT2D eigenvalue weighted by Crippen LogP contribution is 2.27. The summed E-state index contributed by atoms with van der Waals surface area (Å²) in [5.41, 5.74) is 1.45. The number of hydrogen-bond donors (Lipinski definition) is 0. The van der Waals surface area contributed by atoms with Crippen LogP contribution >= 0.6 is 0 Å². The third-order valence-corrected chi connectivity index (χ3v) is 4.74. The molecule has 0 aliphatic carbocycles. The number of methoxy groups -OCH3 is 2. The van der Waals surface area contributed by atoms with E-state index in [0.717, 1.165) is 30.6 Å². The predicted octanol–water partition coefficient (Wildman–Crippen LogP) is 5.21. The van der Waals surface area contributed by atoms with Crippen LogP contribution in [0.15, 0.2) is 48.5 Å². The second kappa shape index (κ2) is 10.5. The van der Waals surface area contributed by atoms with Gasteiger partial charge in [0, 0.05) is 24.3 Å². The van der Waals surface area contributed by atoms with Gasteiger partial charge in [-0.3, -0.25) is 9.59 Å². The molecule has 1 unspecified atom stereocenters. The SMILES string of the molecule is CCCCCC(=O)C(CC(=O)c1ccc(OC)cc1)c1ccc(OC)cc1. The lowest BCUT2D eigenvalue weighted by Gasteiger charge is -2.16. The van der Waals surface area contributed by atoms with Gasteiger partial charge in [-0.05, 0) is 48.4 Å². The van der Waals surface area contributed by atoms with E-state index < -0.39 is 5.92 Å². The summed E-state index contributed by atoms with van der Waals surface area (Å²) < 4.78 is 10.3. The Morgan fingerprint density at radius 3 is 1.93 bits per heavy atom. The fourth-order valence-electron chi connectivity index (χ4n) is 3.06. The van der Waals surface area contributed by atoms with Crippen molar-refractivity contribution in [3.63, 3.8) is 0 Å². The minimum atomic E-state index is -0.428. The van der Waals surface area contributed by atoms with E-state index in [1.54, 1.807) is 38.5 Å². The summed E-state index contributed by atoms with van der Waals surface area (Å²) in [7, 11) is 3.20. The molecule has 2 aromatic rings. The summed E-state index contributed by atoms with van der Waals surface area (Å²) in [6.45, 7) is 2.11. The maximum absolute atomic E-state index is 12.8. The van der Waals surface area contributed by atoms with Gasteiger partial charge in [0.15, 0.2) is 5.78 Å². The van der Waals surface area contributed by atoms with Crippen molar-refractivity contribution in [1.82, 2.24) is 0 Å². The lowest BCUT2D eigenvalue weighted by Crippen LogP contribution is -2.17. The maximum atomic E-state index is 12.8. The summed E-state index contributed by atoms with van der Waals surface area (Å²) in [4.78, 5) is 25.6. The van der Waals surface area contributed by atoms with Crippen LogP contribution in [0, 0.1) is 0 Å². The van der Waals surface area contributed by atoms with Crippen LogP contribution in [0.25, 0.3) is 0 Å². The first kappa shape index (κ1) is 20.7. The van der Waals surface area contributed by atoms with E-state index in [0.29, 0.717) is 17.7 Å². The second-order valence-electron chi connectivity index (χ2n) is 6.60. The minimum absolute atomic E-state index is 0.0395. The molecule has 0 radical (unpaired) electrons. The molecule has 0 fully saturated rings. The highest BCUT2D eigenvalue weighted by Gasteiger charge is 2.24. The van der Waals surface area contributed by atoms with Crippen LogP contribution in [0.4, 0.5) is 0 Å². The van der Waals surface area contributed by atoms with E-state index in [1.165, 1.54) is 0 Å². The van der Waals surface area contributed by atoms with E-state index in [2.05, 4.69) is 6.92 Å². The third kappa shape index (κ3) is 5.95. The average molecular weight is 368 g/mol. The molecule has 0 aliphatic rings. The van der Waals surface area contributed by atoms with Gasteiger partial charge in [-0.25, -0.2) is 0 Å². The number of Topliss-reactive ketones (excluding diaryl/α,β-unsaturated/α-hetero) is 2. The number of carbonyl (C=O) groups excluding carboxylic acids is 2. The van der Waals surface area contributed by atoms with Gasteiger partial charge < -0.3 is 9.47 Å². The number of ether oxygens (including phenoxy) is 2. The molecule has 2 rings (SSSR count). The van der Waals surface area contributed by atoms with Crippen LogP contribution in [0.1, 0.15) is 60.9 Å². The van der Waals surface area contributed by atoms with Crippen LogP contribution in [0.3, 0.4) is 0 Å². The zero-order chi connectivity index (χ0) is 19.6. The molecule has 27 heavy (non-hydrogen) atoms. The van der Waals surface area contributed by atoms with Crippen LogP contribution in [-0.2, 0) is 4.79 Å². The Labute approximate surface area is 161 Å². The number of rotatable bonds is 11. The summed E-state index contributed by atoms with van der Waals surface area (Å²) in [5.74, 6) is 1.09. The average Bonchev–Trinajstić information content (AvgIpc) is 2.72. The first-order valence-corrected chi connectivity index (χ1v) is 9.43. The summed E-state index contributed by atoms with van der Waals surface area (Å²) in [5, 5.41) is 0. The molecule has 0 saturated heterocycles. The Hall–Kier alpha value is -2.62. The standard InChI is InChI=1S/C23H28O4/c1-4-5-6-7-22(24)21(17-8-12-19(26-2)13-9-17)16-23(25)18-10-14-20(27-3)15-11-18/h8-15,21H,4-7,16H2,1-3H3. The van der Waals surface area contributed by atoms with Gasteiger partial charge in [0.25, 0.3) is 0 Å². The number of ketones is 2. The van der Waals surface area contributed by atoms with E-state index in [9.17, 15) is 9.59 Å². The molecule has 4 nitrogen and oxygen atoms in total. The molecule has 0 aliphatic heterocycles. The molecular weight excluding hydrogens is 340 g/mol. The fourth-order valence-corrected chi connectivity index (χ4v) is 3.06. The molecular formula is C23H28O4. The number of unbranched alkanes of at least 4 members (excludes halogenated alkanes) is 2. The van der Waals surface area contributed by atoms with E-state index >= 15 is 0 Å². The normalized spacial score (nSPS) is 11.7. The summed E-state index contributed by atoms with van der Waals surface area (Å²) in [6, 6.07) is 14.4. The Morgan fingerprint density at radius 2 is 1.41 bits per heavy atom. The van der Waals surface area contributed by atoms with Crippen LogP contribution < -0.4 is 9.47 Å². The molecule has 0 spiro atoms.